The van der Waals surface area contributed by atoms with Gasteiger partial charge in [0.25, 0.3) is 0 Å². The van der Waals surface area contributed by atoms with Gasteiger partial charge in [-0.2, -0.15) is 0 Å². The van der Waals surface area contributed by atoms with Crippen LogP contribution in [0, 0.1) is 0 Å². The molecule has 1 N–H and O–H groups in total. The van der Waals surface area contributed by atoms with Crippen LogP contribution in [0.1, 0.15) is 15.9 Å². The van der Waals surface area contributed by atoms with Crippen LogP contribution in [0.4, 0.5) is 0 Å². The number of methoxy groups -OCH3 is 1. The van der Waals surface area contributed by atoms with Gasteiger partial charge in [0.2, 0.25) is 0 Å². The van der Waals surface area contributed by atoms with Gasteiger partial charge in [0, 0.05) is 6.20 Å². The summed E-state index contributed by atoms with van der Waals surface area (Å²) >= 11 is 0. The van der Waals surface area contributed by atoms with E-state index < -0.39 is 5.97 Å². The molecule has 0 atom stereocenters. The van der Waals surface area contributed by atoms with E-state index in [1.165, 1.54) is 17.9 Å². The van der Waals surface area contributed by atoms with Gasteiger partial charge in [0.15, 0.2) is 5.65 Å². The summed E-state index contributed by atoms with van der Waals surface area (Å²) in [4.78, 5) is 30.4. The average Bonchev–Trinajstić information content (AvgIpc) is 2.82. The zero-order valence-electron chi connectivity index (χ0n) is 11.4. The molecule has 0 aliphatic carbocycles. The van der Waals surface area contributed by atoms with Gasteiger partial charge in [-0.3, -0.25) is 4.57 Å². The minimum absolute atomic E-state index is 0.261. The topological polar surface area (TPSA) is 77.0 Å². The molecule has 3 rings (SSSR count). The first kappa shape index (κ1) is 13.1. The standard InChI is InChI=1S/C15H13N3O3/c1-21-14(19)11-7-12-13(16-8-11)18(15(20)17-12)9-10-5-3-2-4-6-10/h2-8H,9H2,1H3,(H,17,20). The number of nitrogens with one attached hydrogen (secondary N) is 1. The Labute approximate surface area is 120 Å². The van der Waals surface area contributed by atoms with Crippen LogP contribution < -0.4 is 5.69 Å². The number of nitrogens with zero attached hydrogens (tertiary/aromatic N) is 2. The number of aromatic nitrogens is 3. The lowest BCUT2D eigenvalue weighted by Gasteiger charge is -2.03. The second-order valence-corrected chi connectivity index (χ2v) is 4.59. The number of hydrogen-bond acceptors (Lipinski definition) is 4. The first-order valence-electron chi connectivity index (χ1n) is 6.40. The predicted molar refractivity (Wildman–Crippen MR) is 77.2 cm³/mol. The summed E-state index contributed by atoms with van der Waals surface area (Å²) in [6.45, 7) is 0.421. The van der Waals surface area contributed by atoms with Crippen LogP contribution >= 0.6 is 0 Å². The van der Waals surface area contributed by atoms with Gasteiger partial charge in [-0.05, 0) is 11.6 Å². The van der Waals surface area contributed by atoms with E-state index in [-0.39, 0.29) is 5.69 Å². The van der Waals surface area contributed by atoms with Crippen LogP contribution in [0.15, 0.2) is 47.4 Å². The fourth-order valence-electron chi connectivity index (χ4n) is 2.19. The fraction of sp³-hybridized carbons (Fsp3) is 0.133. The van der Waals surface area contributed by atoms with Crippen LogP contribution in [0.25, 0.3) is 11.2 Å². The van der Waals surface area contributed by atoms with Crippen molar-refractivity contribution in [2.75, 3.05) is 7.11 Å². The molecule has 0 unspecified atom stereocenters. The molecule has 0 bridgehead atoms. The molecule has 0 radical (unpaired) electrons. The van der Waals surface area contributed by atoms with Gasteiger partial charge >= 0.3 is 11.7 Å². The van der Waals surface area contributed by atoms with E-state index in [1.54, 1.807) is 6.07 Å². The van der Waals surface area contributed by atoms with E-state index in [2.05, 4.69) is 14.7 Å². The molecule has 106 valence electrons. The number of carbonyl (C=O) groups is 1. The quantitative estimate of drug-likeness (QED) is 0.740. The normalized spacial score (nSPS) is 10.7. The third-order valence-electron chi connectivity index (χ3n) is 3.21. The molecule has 2 heterocycles. The molecule has 6 heteroatoms. The van der Waals surface area contributed by atoms with E-state index in [1.807, 2.05) is 30.3 Å². The van der Waals surface area contributed by atoms with Gasteiger partial charge < -0.3 is 9.72 Å². The smallest absolute Gasteiger partial charge is 0.339 e. The maximum absolute atomic E-state index is 12.0. The molecule has 0 aliphatic rings. The monoisotopic (exact) mass is 283 g/mol. The first-order chi connectivity index (χ1) is 10.2. The first-order valence-corrected chi connectivity index (χ1v) is 6.40. The van der Waals surface area contributed by atoms with E-state index in [0.29, 0.717) is 23.3 Å². The Kier molecular flexibility index (Phi) is 3.27. The summed E-state index contributed by atoms with van der Waals surface area (Å²) in [5.41, 5.74) is 2.07. The molecule has 0 saturated carbocycles. The number of pyridine rings is 1. The Balaban J connectivity index is 2.06. The summed E-state index contributed by atoms with van der Waals surface area (Å²) in [6.07, 6.45) is 1.41. The van der Waals surface area contributed by atoms with Gasteiger partial charge in [0.1, 0.15) is 0 Å². The highest BCUT2D eigenvalue weighted by Gasteiger charge is 2.12. The van der Waals surface area contributed by atoms with Crippen molar-refractivity contribution in [3.05, 3.63) is 64.2 Å². The molecule has 0 saturated heterocycles. The van der Waals surface area contributed by atoms with Crippen LogP contribution in [0.2, 0.25) is 0 Å². The zero-order valence-corrected chi connectivity index (χ0v) is 11.4. The Morgan fingerprint density at radius 1 is 1.33 bits per heavy atom. The van der Waals surface area contributed by atoms with Crippen molar-refractivity contribution in [1.82, 2.24) is 14.5 Å². The molecule has 6 nitrogen and oxygen atoms in total. The zero-order chi connectivity index (χ0) is 14.8. The minimum Gasteiger partial charge on any atom is -0.465 e. The molecule has 3 aromatic rings. The molecule has 0 aliphatic heterocycles. The average molecular weight is 283 g/mol. The molecule has 0 spiro atoms. The number of hydrogen-bond donors (Lipinski definition) is 1. The van der Waals surface area contributed by atoms with Crippen LogP contribution in [-0.4, -0.2) is 27.6 Å². The number of aromatic amines is 1. The fourth-order valence-corrected chi connectivity index (χ4v) is 2.19. The van der Waals surface area contributed by atoms with E-state index in [4.69, 9.17) is 0 Å². The predicted octanol–water partition coefficient (Wildman–Crippen LogP) is 1.56. The Hall–Kier alpha value is -2.89. The number of benzene rings is 1. The van der Waals surface area contributed by atoms with E-state index >= 15 is 0 Å². The second kappa shape index (κ2) is 5.24. The Bertz CT molecular complexity index is 849. The van der Waals surface area contributed by atoms with Crippen molar-refractivity contribution in [3.8, 4) is 0 Å². The SMILES string of the molecule is COC(=O)c1cnc2c(c1)[nH]c(=O)n2Cc1ccccc1. The van der Waals surface area contributed by atoms with Gasteiger partial charge in [-0.15, -0.1) is 0 Å². The van der Waals surface area contributed by atoms with Crippen LogP contribution in [-0.2, 0) is 11.3 Å². The van der Waals surface area contributed by atoms with Crippen molar-refractivity contribution >= 4 is 17.1 Å². The van der Waals surface area contributed by atoms with Crippen molar-refractivity contribution < 1.29 is 9.53 Å². The third kappa shape index (κ3) is 2.43. The lowest BCUT2D eigenvalue weighted by molar-refractivity contribution is 0.0600. The highest BCUT2D eigenvalue weighted by atomic mass is 16.5. The summed E-state index contributed by atoms with van der Waals surface area (Å²) < 4.78 is 6.17. The summed E-state index contributed by atoms with van der Waals surface area (Å²) in [5.74, 6) is -0.485. The van der Waals surface area contributed by atoms with E-state index in [9.17, 15) is 9.59 Å². The molecule has 0 amide bonds. The van der Waals surface area contributed by atoms with Crippen molar-refractivity contribution in [2.24, 2.45) is 0 Å². The highest BCUT2D eigenvalue weighted by Crippen LogP contribution is 2.12. The highest BCUT2D eigenvalue weighted by molar-refractivity contribution is 5.92. The van der Waals surface area contributed by atoms with Crippen molar-refractivity contribution in [3.63, 3.8) is 0 Å². The maximum atomic E-state index is 12.0. The van der Waals surface area contributed by atoms with Gasteiger partial charge in [-0.25, -0.2) is 14.6 Å². The maximum Gasteiger partial charge on any atom is 0.339 e. The number of ether oxygens (including phenoxy) is 1. The van der Waals surface area contributed by atoms with Crippen molar-refractivity contribution in [2.45, 2.75) is 6.54 Å². The number of imidazole rings is 1. The molecule has 0 fully saturated rings. The molecule has 21 heavy (non-hydrogen) atoms. The molecular weight excluding hydrogens is 270 g/mol. The molecule has 2 aromatic heterocycles. The second-order valence-electron chi connectivity index (χ2n) is 4.59. The van der Waals surface area contributed by atoms with Crippen LogP contribution in [0.5, 0.6) is 0 Å². The van der Waals surface area contributed by atoms with Gasteiger partial charge in [-0.1, -0.05) is 30.3 Å². The van der Waals surface area contributed by atoms with E-state index in [0.717, 1.165) is 5.56 Å². The summed E-state index contributed by atoms with van der Waals surface area (Å²) in [5, 5.41) is 0. The number of esters is 1. The van der Waals surface area contributed by atoms with Gasteiger partial charge in [0.05, 0.1) is 24.7 Å². The molecule has 1 aromatic carbocycles. The molecular formula is C15H13N3O3. The lowest BCUT2D eigenvalue weighted by atomic mass is 10.2. The van der Waals surface area contributed by atoms with Crippen molar-refractivity contribution in [1.29, 1.82) is 0 Å². The number of fused-ring (bicyclic) bond motifs is 1. The number of carbonyl (C=O) groups excluding carboxylic acids is 1. The lowest BCUT2D eigenvalue weighted by Crippen LogP contribution is -2.17. The Morgan fingerprint density at radius 2 is 2.10 bits per heavy atom. The minimum atomic E-state index is -0.485. The van der Waals surface area contributed by atoms with Crippen LogP contribution in [0.3, 0.4) is 0 Å². The number of rotatable bonds is 3. The summed E-state index contributed by atoms with van der Waals surface area (Å²) in [7, 11) is 1.30. The summed E-state index contributed by atoms with van der Waals surface area (Å²) in [6, 6.07) is 11.2. The largest absolute Gasteiger partial charge is 0.465 e. The third-order valence-corrected chi connectivity index (χ3v) is 3.21. The number of H-pyrrole nitrogens is 1. The Morgan fingerprint density at radius 3 is 2.81 bits per heavy atom.